The Labute approximate surface area is 290 Å². The standard InChI is InChI=1S/C37H55N5O7/c1-12-13-19-24(28(44)31(46)38-20-25(43)49-37(10,11)22-17-15-14-16-18-22)39-30(45)27-26-23(36(26,8)9)21-42(27)32(47)29(34(2,3)4)40-33(48)41-35(5,6)7/h12,14-18,23-24,26-27,29H,1,13,19-21H2,2-11H3,(H,38,46)(H,39,45)(H2,40,41,48)/t23-,24?,26-,27-,29+/m0/s1. The van der Waals surface area contributed by atoms with Gasteiger partial charge in [0.15, 0.2) is 0 Å². The topological polar surface area (TPSA) is 163 Å². The highest BCUT2D eigenvalue weighted by atomic mass is 16.6. The van der Waals surface area contributed by atoms with Gasteiger partial charge >= 0.3 is 12.0 Å². The van der Waals surface area contributed by atoms with Crippen LogP contribution in [0.3, 0.4) is 0 Å². The summed E-state index contributed by atoms with van der Waals surface area (Å²) < 4.78 is 5.56. The maximum Gasteiger partial charge on any atom is 0.326 e. The Kier molecular flexibility index (Phi) is 11.8. The molecule has 270 valence electrons. The molecule has 2 fully saturated rings. The molecule has 3 rings (SSSR count). The first-order valence-electron chi connectivity index (χ1n) is 16.9. The molecule has 1 aliphatic carbocycles. The largest absolute Gasteiger partial charge is 0.453 e. The third-order valence-electron chi connectivity index (χ3n) is 9.38. The first kappa shape index (κ1) is 39.2. The second kappa shape index (κ2) is 14.7. The highest BCUT2D eigenvalue weighted by Gasteiger charge is 2.70. The van der Waals surface area contributed by atoms with Crippen LogP contribution in [0.4, 0.5) is 4.79 Å². The van der Waals surface area contributed by atoms with E-state index in [1.165, 1.54) is 4.90 Å². The lowest BCUT2D eigenvalue weighted by Gasteiger charge is -2.38. The van der Waals surface area contributed by atoms with E-state index in [1.54, 1.807) is 19.9 Å². The monoisotopic (exact) mass is 681 g/mol. The van der Waals surface area contributed by atoms with Crippen LogP contribution in [-0.4, -0.2) is 77.2 Å². The molecule has 0 bridgehead atoms. The van der Waals surface area contributed by atoms with E-state index in [9.17, 15) is 28.8 Å². The Morgan fingerprint density at radius 1 is 0.980 bits per heavy atom. The van der Waals surface area contributed by atoms with Crippen molar-refractivity contribution in [2.75, 3.05) is 13.1 Å². The number of nitrogens with zero attached hydrogens (tertiary/aromatic N) is 1. The predicted octanol–water partition coefficient (Wildman–Crippen LogP) is 3.60. The smallest absolute Gasteiger partial charge is 0.326 e. The molecule has 1 aliphatic heterocycles. The molecule has 1 saturated heterocycles. The molecule has 1 aromatic carbocycles. The Bertz CT molecular complexity index is 1440. The molecule has 1 aromatic rings. The number of carbonyl (C=O) groups excluding carboxylic acids is 6. The number of esters is 1. The molecule has 1 heterocycles. The number of amides is 5. The number of allylic oxidation sites excluding steroid dienone is 1. The first-order valence-corrected chi connectivity index (χ1v) is 16.9. The Hall–Kier alpha value is -4.22. The van der Waals surface area contributed by atoms with Crippen molar-refractivity contribution in [1.29, 1.82) is 0 Å². The lowest BCUT2D eigenvalue weighted by molar-refractivity contribution is -0.157. The van der Waals surface area contributed by atoms with Gasteiger partial charge < -0.3 is 30.9 Å². The zero-order chi connectivity index (χ0) is 37.1. The molecule has 0 spiro atoms. The molecule has 0 aromatic heterocycles. The van der Waals surface area contributed by atoms with Crippen molar-refractivity contribution in [1.82, 2.24) is 26.2 Å². The number of urea groups is 1. The van der Waals surface area contributed by atoms with Crippen LogP contribution in [-0.2, 0) is 34.3 Å². The summed E-state index contributed by atoms with van der Waals surface area (Å²) in [4.78, 5) is 81.5. The summed E-state index contributed by atoms with van der Waals surface area (Å²) in [6, 6.07) is 5.53. The quantitative estimate of drug-likeness (QED) is 0.140. The van der Waals surface area contributed by atoms with Gasteiger partial charge in [-0.1, -0.05) is 71.0 Å². The summed E-state index contributed by atoms with van der Waals surface area (Å²) in [6.45, 7) is 22.0. The molecule has 0 radical (unpaired) electrons. The van der Waals surface area contributed by atoms with Crippen LogP contribution in [0.5, 0.6) is 0 Å². The van der Waals surface area contributed by atoms with E-state index in [2.05, 4.69) is 27.8 Å². The summed E-state index contributed by atoms with van der Waals surface area (Å²) in [5.74, 6) is -3.79. The third kappa shape index (κ3) is 9.70. The van der Waals surface area contributed by atoms with Crippen LogP contribution in [0.1, 0.15) is 87.6 Å². The summed E-state index contributed by atoms with van der Waals surface area (Å²) in [7, 11) is 0. The molecule has 4 N–H and O–H groups in total. The SMILES string of the molecule is C=CCCC(NC(=O)[C@@H]1[C@@H]2[C@H](CN1C(=O)[C@@H](NC(=O)NC(C)(C)C)C(C)(C)C)C2(C)C)C(=O)C(=O)NCC(=O)OC(C)(C)c1ccccc1. The van der Waals surface area contributed by atoms with Gasteiger partial charge in [-0.15, -0.1) is 6.58 Å². The highest BCUT2D eigenvalue weighted by Crippen LogP contribution is 2.65. The van der Waals surface area contributed by atoms with Gasteiger partial charge in [0, 0.05) is 12.1 Å². The zero-order valence-corrected chi connectivity index (χ0v) is 30.7. The summed E-state index contributed by atoms with van der Waals surface area (Å²) >= 11 is 0. The normalized spacial score (nSPS) is 20.9. The minimum Gasteiger partial charge on any atom is -0.453 e. The molecule has 1 unspecified atom stereocenters. The number of hydrogen-bond acceptors (Lipinski definition) is 7. The first-order chi connectivity index (χ1) is 22.5. The number of rotatable bonds is 13. The summed E-state index contributed by atoms with van der Waals surface area (Å²) in [6.07, 6.45) is 1.98. The minimum absolute atomic E-state index is 0.0491. The summed E-state index contributed by atoms with van der Waals surface area (Å²) in [5.41, 5.74) is -1.65. The van der Waals surface area contributed by atoms with E-state index in [0.29, 0.717) is 13.0 Å². The van der Waals surface area contributed by atoms with E-state index < -0.39 is 76.7 Å². The molecule has 2 aliphatic rings. The minimum atomic E-state index is -1.23. The van der Waals surface area contributed by atoms with E-state index in [-0.39, 0.29) is 23.7 Å². The lowest BCUT2D eigenvalue weighted by Crippen LogP contribution is -2.62. The number of fused-ring (bicyclic) bond motifs is 1. The van der Waals surface area contributed by atoms with Crippen molar-refractivity contribution in [2.45, 2.75) is 111 Å². The van der Waals surface area contributed by atoms with Crippen LogP contribution < -0.4 is 21.3 Å². The average molecular weight is 682 g/mol. The number of ether oxygens (including phenoxy) is 1. The molecule has 49 heavy (non-hydrogen) atoms. The van der Waals surface area contributed by atoms with Gasteiger partial charge in [0.2, 0.25) is 17.6 Å². The van der Waals surface area contributed by atoms with Crippen molar-refractivity contribution in [3.63, 3.8) is 0 Å². The van der Waals surface area contributed by atoms with Crippen molar-refractivity contribution in [3.05, 3.63) is 48.6 Å². The second-order valence-electron chi connectivity index (χ2n) is 16.4. The Morgan fingerprint density at radius 3 is 2.14 bits per heavy atom. The number of likely N-dealkylation sites (tertiary alicyclic amines) is 1. The van der Waals surface area contributed by atoms with Crippen LogP contribution in [0, 0.1) is 22.7 Å². The van der Waals surface area contributed by atoms with Crippen molar-refractivity contribution < 1.29 is 33.5 Å². The number of Topliss-reactive ketones (excluding diaryl/α,β-unsaturated/α-hetero) is 1. The van der Waals surface area contributed by atoms with Gasteiger partial charge in [-0.3, -0.25) is 24.0 Å². The van der Waals surface area contributed by atoms with Gasteiger partial charge in [-0.25, -0.2) is 4.79 Å². The number of ketones is 1. The highest BCUT2D eigenvalue weighted by molar-refractivity contribution is 6.38. The molecule has 5 atom stereocenters. The van der Waals surface area contributed by atoms with Gasteiger partial charge in [-0.2, -0.15) is 0 Å². The molecular formula is C37H55N5O7. The van der Waals surface area contributed by atoms with Gasteiger partial charge in [0.25, 0.3) is 5.91 Å². The molecule has 12 heteroatoms. The fraction of sp³-hybridized carbons (Fsp3) is 0.622. The van der Waals surface area contributed by atoms with E-state index in [0.717, 1.165) is 5.56 Å². The van der Waals surface area contributed by atoms with Gasteiger partial charge in [0.05, 0.1) is 6.04 Å². The van der Waals surface area contributed by atoms with Gasteiger partial charge in [0.1, 0.15) is 24.2 Å². The second-order valence-corrected chi connectivity index (χ2v) is 16.4. The number of hydrogen-bond donors (Lipinski definition) is 4. The molecule has 1 saturated carbocycles. The fourth-order valence-corrected chi connectivity index (χ4v) is 6.56. The number of benzene rings is 1. The van der Waals surface area contributed by atoms with Crippen molar-refractivity contribution >= 4 is 35.5 Å². The number of nitrogens with one attached hydrogen (secondary N) is 4. The van der Waals surface area contributed by atoms with Crippen LogP contribution >= 0.6 is 0 Å². The Morgan fingerprint density at radius 2 is 1.59 bits per heavy atom. The zero-order valence-electron chi connectivity index (χ0n) is 30.7. The van der Waals surface area contributed by atoms with Crippen molar-refractivity contribution in [2.24, 2.45) is 22.7 Å². The lowest BCUT2D eigenvalue weighted by atomic mass is 9.85. The van der Waals surface area contributed by atoms with E-state index >= 15 is 0 Å². The maximum absolute atomic E-state index is 14.1. The van der Waals surface area contributed by atoms with E-state index in [4.69, 9.17) is 4.74 Å². The summed E-state index contributed by atoms with van der Waals surface area (Å²) in [5, 5.41) is 10.7. The van der Waals surface area contributed by atoms with Crippen LogP contribution in [0.2, 0.25) is 0 Å². The van der Waals surface area contributed by atoms with Crippen molar-refractivity contribution in [3.8, 4) is 0 Å². The maximum atomic E-state index is 14.1. The van der Waals surface area contributed by atoms with Gasteiger partial charge in [-0.05, 0) is 75.7 Å². The average Bonchev–Trinajstić information content (AvgIpc) is 3.30. The third-order valence-corrected chi connectivity index (χ3v) is 9.38. The number of piperidine rings is 1. The van der Waals surface area contributed by atoms with Crippen LogP contribution in [0.25, 0.3) is 0 Å². The van der Waals surface area contributed by atoms with Crippen LogP contribution in [0.15, 0.2) is 43.0 Å². The Balaban J connectivity index is 1.75. The number of carbonyl (C=O) groups is 6. The molecule has 12 nitrogen and oxygen atoms in total. The molecular weight excluding hydrogens is 626 g/mol. The predicted molar refractivity (Wildman–Crippen MR) is 186 cm³/mol. The van der Waals surface area contributed by atoms with E-state index in [1.807, 2.05) is 85.7 Å². The fourth-order valence-electron chi connectivity index (χ4n) is 6.56. The molecule has 5 amide bonds.